The molecular formula is C20H25N3O3. The molecule has 1 aromatic heterocycles. The summed E-state index contributed by atoms with van der Waals surface area (Å²) in [5.41, 5.74) is 2.50. The summed E-state index contributed by atoms with van der Waals surface area (Å²) in [6, 6.07) is 7.99. The highest BCUT2D eigenvalue weighted by Gasteiger charge is 2.34. The second-order valence-electron chi connectivity index (χ2n) is 7.28. The lowest BCUT2D eigenvalue weighted by Crippen LogP contribution is -2.40. The van der Waals surface area contributed by atoms with Crippen LogP contribution in [0.2, 0.25) is 0 Å². The van der Waals surface area contributed by atoms with E-state index in [-0.39, 0.29) is 6.03 Å². The number of benzene rings is 1. The van der Waals surface area contributed by atoms with E-state index in [1.54, 1.807) is 0 Å². The van der Waals surface area contributed by atoms with Gasteiger partial charge in [0.15, 0.2) is 0 Å². The third-order valence-corrected chi connectivity index (χ3v) is 5.12. The van der Waals surface area contributed by atoms with Crippen molar-refractivity contribution in [2.24, 2.45) is 5.92 Å². The number of aromatic nitrogens is 1. The minimum Gasteiger partial charge on any atom is -0.441 e. The Morgan fingerprint density at radius 2 is 2.15 bits per heavy atom. The van der Waals surface area contributed by atoms with Crippen LogP contribution in [0.4, 0.5) is 10.5 Å². The third-order valence-electron chi connectivity index (χ3n) is 5.12. The standard InChI is InChI=1S/C20H25N3O3/c1-13-14(2)26-19(21-13)16-4-3-5-17(10-16)22-20(24)23(18-6-7-18)11-15-8-9-25-12-15/h3-5,10,15,18H,6-9,11-12H2,1-2H3,(H,22,24). The fraction of sp³-hybridized carbons (Fsp3) is 0.500. The lowest BCUT2D eigenvalue weighted by molar-refractivity contribution is 0.167. The summed E-state index contributed by atoms with van der Waals surface area (Å²) in [6.07, 6.45) is 3.22. The van der Waals surface area contributed by atoms with Crippen LogP contribution in [0, 0.1) is 19.8 Å². The summed E-state index contributed by atoms with van der Waals surface area (Å²) < 4.78 is 11.2. The Hall–Kier alpha value is -2.34. The van der Waals surface area contributed by atoms with Crippen molar-refractivity contribution >= 4 is 11.7 Å². The molecule has 4 rings (SSSR count). The smallest absolute Gasteiger partial charge is 0.322 e. The molecule has 138 valence electrons. The number of aryl methyl sites for hydroxylation is 2. The van der Waals surface area contributed by atoms with Gasteiger partial charge in [-0.1, -0.05) is 6.07 Å². The highest BCUT2D eigenvalue weighted by Crippen LogP contribution is 2.30. The molecule has 1 aliphatic carbocycles. The van der Waals surface area contributed by atoms with Crippen LogP contribution in [0.15, 0.2) is 28.7 Å². The molecule has 0 spiro atoms. The number of hydrogen-bond acceptors (Lipinski definition) is 4. The number of hydrogen-bond donors (Lipinski definition) is 1. The van der Waals surface area contributed by atoms with E-state index in [0.29, 0.717) is 17.9 Å². The van der Waals surface area contributed by atoms with E-state index < -0.39 is 0 Å². The minimum absolute atomic E-state index is 0.0312. The average molecular weight is 355 g/mol. The van der Waals surface area contributed by atoms with Crippen molar-refractivity contribution in [3.8, 4) is 11.5 Å². The Morgan fingerprint density at radius 1 is 1.31 bits per heavy atom. The number of carbonyl (C=O) groups excluding carboxylic acids is 1. The molecule has 2 aliphatic rings. The molecule has 2 heterocycles. The molecule has 1 unspecified atom stereocenters. The number of nitrogens with zero attached hydrogens (tertiary/aromatic N) is 2. The van der Waals surface area contributed by atoms with Crippen LogP contribution in [0.5, 0.6) is 0 Å². The quantitative estimate of drug-likeness (QED) is 0.880. The van der Waals surface area contributed by atoms with Crippen molar-refractivity contribution in [1.82, 2.24) is 9.88 Å². The van der Waals surface area contributed by atoms with Gasteiger partial charge >= 0.3 is 6.03 Å². The fourth-order valence-electron chi connectivity index (χ4n) is 3.31. The van der Waals surface area contributed by atoms with Gasteiger partial charge in [0.05, 0.1) is 12.3 Å². The summed E-state index contributed by atoms with van der Waals surface area (Å²) in [5.74, 6) is 1.84. The first-order valence-electron chi connectivity index (χ1n) is 9.30. The van der Waals surface area contributed by atoms with Gasteiger partial charge in [0.25, 0.3) is 0 Å². The van der Waals surface area contributed by atoms with Crippen LogP contribution >= 0.6 is 0 Å². The van der Waals surface area contributed by atoms with E-state index in [4.69, 9.17) is 9.15 Å². The molecule has 2 amide bonds. The molecule has 2 fully saturated rings. The molecule has 1 N–H and O–H groups in total. The molecule has 6 heteroatoms. The second-order valence-corrected chi connectivity index (χ2v) is 7.28. The first kappa shape index (κ1) is 17.1. The number of urea groups is 1. The predicted octanol–water partition coefficient (Wildman–Crippen LogP) is 3.99. The van der Waals surface area contributed by atoms with Gasteiger partial charge in [0.2, 0.25) is 5.89 Å². The van der Waals surface area contributed by atoms with Crippen LogP contribution < -0.4 is 5.32 Å². The highest BCUT2D eigenvalue weighted by atomic mass is 16.5. The number of carbonyl (C=O) groups is 1. The number of anilines is 1. The van der Waals surface area contributed by atoms with E-state index >= 15 is 0 Å². The molecule has 1 atom stereocenters. The van der Waals surface area contributed by atoms with Crippen molar-refractivity contribution in [1.29, 1.82) is 0 Å². The minimum atomic E-state index is -0.0312. The maximum absolute atomic E-state index is 12.8. The van der Waals surface area contributed by atoms with Crippen molar-refractivity contribution < 1.29 is 13.9 Å². The van der Waals surface area contributed by atoms with Crippen LogP contribution in [-0.4, -0.2) is 41.7 Å². The van der Waals surface area contributed by atoms with Gasteiger partial charge in [-0.15, -0.1) is 0 Å². The summed E-state index contributed by atoms with van der Waals surface area (Å²) in [4.78, 5) is 19.2. The molecule has 1 saturated heterocycles. The average Bonchev–Trinajstić information content (AvgIpc) is 3.23. The molecular weight excluding hydrogens is 330 g/mol. The topological polar surface area (TPSA) is 67.6 Å². The van der Waals surface area contributed by atoms with Gasteiger partial charge < -0.3 is 19.4 Å². The van der Waals surface area contributed by atoms with Gasteiger partial charge in [-0.05, 0) is 51.3 Å². The van der Waals surface area contributed by atoms with Gasteiger partial charge in [0, 0.05) is 36.4 Å². The molecule has 0 bridgehead atoms. The van der Waals surface area contributed by atoms with E-state index in [1.807, 2.05) is 43.0 Å². The Kier molecular flexibility index (Phi) is 4.68. The highest BCUT2D eigenvalue weighted by molar-refractivity contribution is 5.90. The van der Waals surface area contributed by atoms with Crippen LogP contribution in [0.1, 0.15) is 30.7 Å². The zero-order chi connectivity index (χ0) is 18.1. The monoisotopic (exact) mass is 355 g/mol. The Labute approximate surface area is 153 Å². The molecule has 1 saturated carbocycles. The van der Waals surface area contributed by atoms with Crippen LogP contribution in [0.25, 0.3) is 11.5 Å². The second kappa shape index (κ2) is 7.11. The van der Waals surface area contributed by atoms with Crippen molar-refractivity contribution in [2.75, 3.05) is 25.1 Å². The summed E-state index contributed by atoms with van der Waals surface area (Å²) in [5, 5.41) is 3.05. The lowest BCUT2D eigenvalue weighted by atomic mass is 10.1. The van der Waals surface area contributed by atoms with Gasteiger partial charge in [0.1, 0.15) is 5.76 Å². The predicted molar refractivity (Wildman–Crippen MR) is 99.1 cm³/mol. The SMILES string of the molecule is Cc1nc(-c2cccc(NC(=O)N(CC3CCOC3)C3CC3)c2)oc1C. The largest absolute Gasteiger partial charge is 0.441 e. The number of ether oxygens (including phenoxy) is 1. The molecule has 6 nitrogen and oxygen atoms in total. The normalized spacial score (nSPS) is 19.5. The molecule has 1 aromatic carbocycles. The summed E-state index contributed by atoms with van der Waals surface area (Å²) >= 11 is 0. The van der Waals surface area contributed by atoms with Crippen molar-refractivity contribution in [3.63, 3.8) is 0 Å². The van der Waals surface area contributed by atoms with E-state index in [9.17, 15) is 4.79 Å². The van der Waals surface area contributed by atoms with Gasteiger partial charge in [-0.25, -0.2) is 9.78 Å². The first-order valence-corrected chi connectivity index (χ1v) is 9.30. The summed E-state index contributed by atoms with van der Waals surface area (Å²) in [6.45, 7) is 6.16. The third kappa shape index (κ3) is 3.75. The molecule has 1 aliphatic heterocycles. The van der Waals surface area contributed by atoms with Crippen molar-refractivity contribution in [3.05, 3.63) is 35.7 Å². The number of oxazole rings is 1. The fourth-order valence-corrected chi connectivity index (χ4v) is 3.31. The Bertz CT molecular complexity index is 772. The molecule has 0 radical (unpaired) electrons. The lowest BCUT2D eigenvalue weighted by Gasteiger charge is -2.25. The maximum atomic E-state index is 12.8. The van der Waals surface area contributed by atoms with Gasteiger partial charge in [-0.2, -0.15) is 0 Å². The van der Waals surface area contributed by atoms with Crippen LogP contribution in [-0.2, 0) is 4.74 Å². The number of amides is 2. The van der Waals surface area contributed by atoms with Crippen LogP contribution in [0.3, 0.4) is 0 Å². The number of rotatable bonds is 5. The van der Waals surface area contributed by atoms with E-state index in [0.717, 1.165) is 61.7 Å². The molecule has 26 heavy (non-hydrogen) atoms. The first-order chi connectivity index (χ1) is 12.6. The Balaban J connectivity index is 1.47. The summed E-state index contributed by atoms with van der Waals surface area (Å²) in [7, 11) is 0. The van der Waals surface area contributed by atoms with E-state index in [2.05, 4.69) is 10.3 Å². The zero-order valence-electron chi connectivity index (χ0n) is 15.3. The van der Waals surface area contributed by atoms with E-state index in [1.165, 1.54) is 0 Å². The molecule has 2 aromatic rings. The van der Waals surface area contributed by atoms with Crippen molar-refractivity contribution in [2.45, 2.75) is 39.2 Å². The Morgan fingerprint density at radius 3 is 2.81 bits per heavy atom. The van der Waals surface area contributed by atoms with Gasteiger partial charge in [-0.3, -0.25) is 0 Å². The zero-order valence-corrected chi connectivity index (χ0v) is 15.3. The maximum Gasteiger partial charge on any atom is 0.322 e. The number of nitrogens with one attached hydrogen (secondary N) is 1.